The SMILES string of the molecule is C[C@H]1C[C@@H](c2ccncc2CC(=O)c2nc(-c3c(F)cc(C(C)(C)O)cc3F)ccc2N)C[C@@H](O)[C@]1(C)O. The van der Waals surface area contributed by atoms with Crippen molar-refractivity contribution in [2.75, 3.05) is 5.73 Å². The number of nitrogens with two attached hydrogens (primary N) is 1. The van der Waals surface area contributed by atoms with E-state index in [-0.39, 0.29) is 40.9 Å². The molecule has 4 atom stereocenters. The number of pyridine rings is 2. The number of nitrogen functional groups attached to an aromatic ring is 1. The highest BCUT2D eigenvalue weighted by molar-refractivity contribution is 6.00. The summed E-state index contributed by atoms with van der Waals surface area (Å²) in [4.78, 5) is 21.7. The number of aliphatic hydroxyl groups excluding tert-OH is 1. The number of ketones is 1. The summed E-state index contributed by atoms with van der Waals surface area (Å²) in [5.41, 5.74) is 4.35. The maximum atomic E-state index is 14.9. The molecule has 4 rings (SSSR count). The third-order valence-corrected chi connectivity index (χ3v) is 7.75. The van der Waals surface area contributed by atoms with Crippen LogP contribution in [0.25, 0.3) is 11.3 Å². The van der Waals surface area contributed by atoms with E-state index in [2.05, 4.69) is 9.97 Å². The Morgan fingerprint density at radius 3 is 2.45 bits per heavy atom. The molecular formula is C29H33F2N3O4. The number of aliphatic hydroxyl groups is 3. The van der Waals surface area contributed by atoms with Crippen LogP contribution < -0.4 is 5.73 Å². The standard InChI is InChI=1S/C29H33F2N3O4/c1-15-9-16(11-25(36)29(15,4)38)19-7-8-33-14-17(19)10-24(35)27-22(32)5-6-23(34-27)26-20(30)12-18(13-21(26)31)28(2,3)37/h5-8,12-16,25,36-38H,9-11,32H2,1-4H3/t15-,16+,25+,29+/m0/s1. The summed E-state index contributed by atoms with van der Waals surface area (Å²) in [5, 5.41) is 31.2. The first-order valence-corrected chi connectivity index (χ1v) is 12.5. The number of aromatic nitrogens is 2. The molecule has 0 bridgehead atoms. The van der Waals surface area contributed by atoms with Gasteiger partial charge < -0.3 is 21.1 Å². The number of carbonyl (C=O) groups is 1. The van der Waals surface area contributed by atoms with Gasteiger partial charge in [-0.3, -0.25) is 9.78 Å². The predicted octanol–water partition coefficient (Wildman–Crippen LogP) is 4.28. The summed E-state index contributed by atoms with van der Waals surface area (Å²) in [6.45, 7) is 6.34. The van der Waals surface area contributed by atoms with Crippen LogP contribution >= 0.6 is 0 Å². The zero-order valence-electron chi connectivity index (χ0n) is 21.9. The fourth-order valence-corrected chi connectivity index (χ4v) is 5.10. The van der Waals surface area contributed by atoms with Crippen molar-refractivity contribution in [1.29, 1.82) is 0 Å². The van der Waals surface area contributed by atoms with E-state index < -0.39 is 40.3 Å². The van der Waals surface area contributed by atoms with Gasteiger partial charge in [-0.2, -0.15) is 0 Å². The Morgan fingerprint density at radius 1 is 1.18 bits per heavy atom. The molecule has 1 aliphatic rings. The molecule has 7 nitrogen and oxygen atoms in total. The molecule has 5 N–H and O–H groups in total. The molecule has 0 spiro atoms. The molecule has 38 heavy (non-hydrogen) atoms. The molecule has 0 amide bonds. The number of Topliss-reactive ketones (excluding diaryl/α,β-unsaturated/α-hetero) is 1. The quantitative estimate of drug-likeness (QED) is 0.354. The molecule has 1 aromatic carbocycles. The Morgan fingerprint density at radius 2 is 1.84 bits per heavy atom. The van der Waals surface area contributed by atoms with Crippen LogP contribution in [-0.2, 0) is 12.0 Å². The van der Waals surface area contributed by atoms with Crippen molar-refractivity contribution in [3.8, 4) is 11.3 Å². The third kappa shape index (κ3) is 5.32. The normalized spacial score (nSPS) is 23.9. The monoisotopic (exact) mass is 525 g/mol. The van der Waals surface area contributed by atoms with E-state index in [1.165, 1.54) is 26.0 Å². The molecule has 2 aromatic heterocycles. The molecule has 9 heteroatoms. The average molecular weight is 526 g/mol. The lowest BCUT2D eigenvalue weighted by Gasteiger charge is -2.43. The first-order valence-electron chi connectivity index (χ1n) is 12.5. The zero-order valence-corrected chi connectivity index (χ0v) is 21.9. The number of hydrogen-bond acceptors (Lipinski definition) is 7. The van der Waals surface area contributed by atoms with Crippen LogP contribution in [0, 0.1) is 17.6 Å². The van der Waals surface area contributed by atoms with Crippen LogP contribution in [0.3, 0.4) is 0 Å². The summed E-state index contributed by atoms with van der Waals surface area (Å²) >= 11 is 0. The molecule has 3 aromatic rings. The Hall–Kier alpha value is -3.27. The maximum Gasteiger partial charge on any atom is 0.187 e. The van der Waals surface area contributed by atoms with Crippen LogP contribution in [0.15, 0.2) is 42.7 Å². The van der Waals surface area contributed by atoms with Crippen LogP contribution in [0.4, 0.5) is 14.5 Å². The molecular weight excluding hydrogens is 492 g/mol. The Bertz CT molecular complexity index is 1330. The van der Waals surface area contributed by atoms with Crippen molar-refractivity contribution in [3.05, 3.63) is 76.7 Å². The largest absolute Gasteiger partial charge is 0.397 e. The predicted molar refractivity (Wildman–Crippen MR) is 139 cm³/mol. The number of nitrogens with zero attached hydrogens (tertiary/aromatic N) is 2. The second kappa shape index (κ2) is 10.1. The molecule has 1 fully saturated rings. The minimum absolute atomic E-state index is 0.0655. The average Bonchev–Trinajstić information content (AvgIpc) is 2.82. The summed E-state index contributed by atoms with van der Waals surface area (Å²) in [5.74, 6) is -2.57. The molecule has 0 saturated heterocycles. The summed E-state index contributed by atoms with van der Waals surface area (Å²) < 4.78 is 29.9. The summed E-state index contributed by atoms with van der Waals surface area (Å²) in [6, 6.07) is 6.59. The van der Waals surface area contributed by atoms with E-state index >= 15 is 0 Å². The van der Waals surface area contributed by atoms with Crippen molar-refractivity contribution >= 4 is 11.5 Å². The zero-order chi connectivity index (χ0) is 28.0. The molecule has 0 unspecified atom stereocenters. The second-order valence-corrected chi connectivity index (χ2v) is 11.0. The highest BCUT2D eigenvalue weighted by Crippen LogP contribution is 2.42. The van der Waals surface area contributed by atoms with Crippen molar-refractivity contribution < 1.29 is 28.9 Å². The van der Waals surface area contributed by atoms with E-state index in [4.69, 9.17) is 5.73 Å². The highest BCUT2D eigenvalue weighted by atomic mass is 19.1. The van der Waals surface area contributed by atoms with Gasteiger partial charge in [-0.1, -0.05) is 6.92 Å². The lowest BCUT2D eigenvalue weighted by molar-refractivity contribution is -0.123. The lowest BCUT2D eigenvalue weighted by Crippen LogP contribution is -2.49. The van der Waals surface area contributed by atoms with Crippen LogP contribution in [0.1, 0.15) is 73.6 Å². The summed E-state index contributed by atoms with van der Waals surface area (Å²) in [6.07, 6.45) is 3.11. The fraction of sp³-hybridized carbons (Fsp3) is 0.414. The topological polar surface area (TPSA) is 130 Å². The molecule has 1 saturated carbocycles. The molecule has 2 heterocycles. The summed E-state index contributed by atoms with van der Waals surface area (Å²) in [7, 11) is 0. The smallest absolute Gasteiger partial charge is 0.187 e. The van der Waals surface area contributed by atoms with Gasteiger partial charge in [0.15, 0.2) is 5.78 Å². The van der Waals surface area contributed by atoms with Crippen molar-refractivity contribution in [3.63, 3.8) is 0 Å². The van der Waals surface area contributed by atoms with Crippen LogP contribution in [0.5, 0.6) is 0 Å². The van der Waals surface area contributed by atoms with Gasteiger partial charge in [0.1, 0.15) is 17.3 Å². The first-order chi connectivity index (χ1) is 17.7. The maximum absolute atomic E-state index is 14.9. The number of hydrogen-bond donors (Lipinski definition) is 4. The van der Waals surface area contributed by atoms with E-state index in [0.29, 0.717) is 18.4 Å². The highest BCUT2D eigenvalue weighted by Gasteiger charge is 2.43. The Labute approximate surface area is 220 Å². The Balaban J connectivity index is 1.65. The number of halogens is 2. The molecule has 202 valence electrons. The number of anilines is 1. The van der Waals surface area contributed by atoms with E-state index in [1.54, 1.807) is 25.4 Å². The van der Waals surface area contributed by atoms with Crippen molar-refractivity contribution in [1.82, 2.24) is 9.97 Å². The third-order valence-electron chi connectivity index (χ3n) is 7.75. The molecule has 0 radical (unpaired) electrons. The van der Waals surface area contributed by atoms with Gasteiger partial charge in [-0.05, 0) is 92.5 Å². The first kappa shape index (κ1) is 27.8. The fourth-order valence-electron chi connectivity index (χ4n) is 5.10. The number of rotatable bonds is 6. The minimum Gasteiger partial charge on any atom is -0.397 e. The molecule has 0 aliphatic heterocycles. The van der Waals surface area contributed by atoms with Crippen LogP contribution in [0.2, 0.25) is 0 Å². The van der Waals surface area contributed by atoms with Gasteiger partial charge in [0.2, 0.25) is 0 Å². The van der Waals surface area contributed by atoms with E-state index in [9.17, 15) is 28.9 Å². The van der Waals surface area contributed by atoms with Crippen molar-refractivity contribution in [2.45, 2.75) is 70.2 Å². The van der Waals surface area contributed by atoms with Gasteiger partial charge in [0.25, 0.3) is 0 Å². The number of benzene rings is 1. The van der Waals surface area contributed by atoms with Gasteiger partial charge >= 0.3 is 0 Å². The second-order valence-electron chi connectivity index (χ2n) is 11.0. The van der Waals surface area contributed by atoms with E-state index in [1.807, 2.05) is 6.92 Å². The van der Waals surface area contributed by atoms with Crippen molar-refractivity contribution in [2.24, 2.45) is 5.92 Å². The number of carbonyl (C=O) groups excluding carboxylic acids is 1. The van der Waals surface area contributed by atoms with E-state index in [0.717, 1.165) is 17.7 Å². The van der Waals surface area contributed by atoms with Gasteiger partial charge in [-0.15, -0.1) is 0 Å². The molecule has 1 aliphatic carbocycles. The van der Waals surface area contributed by atoms with Gasteiger partial charge in [0, 0.05) is 18.8 Å². The lowest BCUT2D eigenvalue weighted by atomic mass is 9.68. The van der Waals surface area contributed by atoms with Crippen LogP contribution in [-0.4, -0.2) is 42.8 Å². The van der Waals surface area contributed by atoms with Gasteiger partial charge in [0.05, 0.1) is 34.3 Å². The van der Waals surface area contributed by atoms with Gasteiger partial charge in [-0.25, -0.2) is 13.8 Å². The minimum atomic E-state index is -1.45. The Kier molecular flexibility index (Phi) is 7.40.